The molecule has 0 saturated heterocycles. The van der Waals surface area contributed by atoms with Crippen LogP contribution >= 0.6 is 0 Å². The average molecular weight is 453 g/mol. The van der Waals surface area contributed by atoms with E-state index in [1.165, 1.54) is 54.6 Å². The SMILES string of the molecule is O=C(C=Cc1ccc(-c2cccc([N+](=O)[O-])c2)o1)c1ccc(-c2cccc(C(F)(F)F)c2)o1. The Morgan fingerprint density at radius 1 is 0.879 bits per heavy atom. The van der Waals surface area contributed by atoms with E-state index in [2.05, 4.69) is 0 Å². The number of nitro groups is 1. The van der Waals surface area contributed by atoms with Crippen LogP contribution in [0.5, 0.6) is 0 Å². The number of alkyl halides is 3. The first kappa shape index (κ1) is 21.8. The zero-order valence-corrected chi connectivity index (χ0v) is 16.7. The fourth-order valence-electron chi connectivity index (χ4n) is 3.08. The maximum atomic E-state index is 12.9. The van der Waals surface area contributed by atoms with Crippen molar-refractivity contribution in [1.82, 2.24) is 0 Å². The number of ketones is 1. The van der Waals surface area contributed by atoms with E-state index in [1.54, 1.807) is 18.2 Å². The second-order valence-corrected chi connectivity index (χ2v) is 6.95. The van der Waals surface area contributed by atoms with Crippen molar-refractivity contribution in [3.8, 4) is 22.6 Å². The number of nitrogens with zero attached hydrogens (tertiary/aromatic N) is 1. The maximum absolute atomic E-state index is 12.9. The van der Waals surface area contributed by atoms with Gasteiger partial charge in [-0.15, -0.1) is 0 Å². The summed E-state index contributed by atoms with van der Waals surface area (Å²) < 4.78 is 49.8. The van der Waals surface area contributed by atoms with Gasteiger partial charge >= 0.3 is 6.18 Å². The molecule has 0 spiro atoms. The zero-order chi connectivity index (χ0) is 23.6. The van der Waals surface area contributed by atoms with Gasteiger partial charge in [-0.3, -0.25) is 14.9 Å². The number of benzene rings is 2. The quantitative estimate of drug-likeness (QED) is 0.135. The predicted molar refractivity (Wildman–Crippen MR) is 113 cm³/mol. The lowest BCUT2D eigenvalue weighted by Crippen LogP contribution is -2.04. The van der Waals surface area contributed by atoms with Gasteiger partial charge in [-0.2, -0.15) is 13.2 Å². The average Bonchev–Trinajstić information content (AvgIpc) is 3.47. The lowest BCUT2D eigenvalue weighted by Gasteiger charge is -2.07. The van der Waals surface area contributed by atoms with Gasteiger partial charge < -0.3 is 8.83 Å². The molecule has 0 saturated carbocycles. The fraction of sp³-hybridized carbons (Fsp3) is 0.0417. The largest absolute Gasteiger partial charge is 0.457 e. The molecule has 4 aromatic rings. The van der Waals surface area contributed by atoms with Crippen molar-refractivity contribution in [3.63, 3.8) is 0 Å². The normalized spacial score (nSPS) is 11.7. The minimum Gasteiger partial charge on any atom is -0.457 e. The highest BCUT2D eigenvalue weighted by Gasteiger charge is 2.30. The highest BCUT2D eigenvalue weighted by Crippen LogP contribution is 2.33. The minimum atomic E-state index is -4.49. The number of carbonyl (C=O) groups excluding carboxylic acids is 1. The van der Waals surface area contributed by atoms with Gasteiger partial charge in [0.2, 0.25) is 5.78 Å². The third-order valence-electron chi connectivity index (χ3n) is 4.69. The van der Waals surface area contributed by atoms with Crippen LogP contribution in [-0.4, -0.2) is 10.7 Å². The van der Waals surface area contributed by atoms with Gasteiger partial charge in [0.15, 0.2) is 5.76 Å². The van der Waals surface area contributed by atoms with E-state index in [9.17, 15) is 28.1 Å². The van der Waals surface area contributed by atoms with Gasteiger partial charge in [-0.1, -0.05) is 24.3 Å². The molecule has 0 amide bonds. The lowest BCUT2D eigenvalue weighted by atomic mass is 10.1. The van der Waals surface area contributed by atoms with Crippen molar-refractivity contribution in [2.75, 3.05) is 0 Å². The van der Waals surface area contributed by atoms with Gasteiger partial charge in [0, 0.05) is 23.3 Å². The number of hydrogen-bond donors (Lipinski definition) is 0. The number of non-ortho nitro benzene ring substituents is 1. The van der Waals surface area contributed by atoms with Crippen LogP contribution in [0.2, 0.25) is 0 Å². The predicted octanol–water partition coefficient (Wildman–Crippen LogP) is 7.03. The van der Waals surface area contributed by atoms with E-state index in [0.717, 1.165) is 12.1 Å². The summed E-state index contributed by atoms with van der Waals surface area (Å²) in [4.78, 5) is 22.8. The monoisotopic (exact) mass is 453 g/mol. The first-order valence-electron chi connectivity index (χ1n) is 9.55. The number of halogens is 3. The molecule has 6 nitrogen and oxygen atoms in total. The summed E-state index contributed by atoms with van der Waals surface area (Å²) in [6.45, 7) is 0. The topological polar surface area (TPSA) is 86.5 Å². The molecule has 0 aliphatic carbocycles. The molecular weight excluding hydrogens is 439 g/mol. The molecule has 0 atom stereocenters. The molecule has 2 heterocycles. The van der Waals surface area contributed by atoms with Crippen molar-refractivity contribution in [2.45, 2.75) is 6.18 Å². The third kappa shape index (κ3) is 4.93. The van der Waals surface area contributed by atoms with Crippen LogP contribution in [0.15, 0.2) is 87.7 Å². The standard InChI is InChI=1S/C24H14F3NO5/c25-24(26,27)17-5-1-3-15(13-17)22-11-12-23(33-22)20(29)9-7-19-8-10-21(32-19)16-4-2-6-18(14-16)28(30)31/h1-14H. The summed E-state index contributed by atoms with van der Waals surface area (Å²) in [6.07, 6.45) is -1.89. The molecule has 2 aromatic heterocycles. The summed E-state index contributed by atoms with van der Waals surface area (Å²) in [5.74, 6) is 0.277. The Kier molecular flexibility index (Phi) is 5.70. The van der Waals surface area contributed by atoms with E-state index < -0.39 is 22.4 Å². The van der Waals surface area contributed by atoms with Crippen LogP contribution in [0, 0.1) is 10.1 Å². The molecular formula is C24H14F3NO5. The molecule has 0 unspecified atom stereocenters. The molecule has 0 aliphatic rings. The number of allylic oxidation sites excluding steroid dienone is 1. The smallest absolute Gasteiger partial charge is 0.416 e. The molecule has 9 heteroatoms. The number of furan rings is 2. The van der Waals surface area contributed by atoms with Crippen LogP contribution in [0.3, 0.4) is 0 Å². The molecule has 0 N–H and O–H groups in total. The van der Waals surface area contributed by atoms with Crippen molar-refractivity contribution >= 4 is 17.5 Å². The summed E-state index contributed by atoms with van der Waals surface area (Å²) in [6, 6.07) is 16.5. The first-order chi connectivity index (χ1) is 15.7. The van der Waals surface area contributed by atoms with Crippen molar-refractivity contribution < 1.29 is 31.7 Å². The Hall–Kier alpha value is -4.40. The second-order valence-electron chi connectivity index (χ2n) is 6.95. The van der Waals surface area contributed by atoms with E-state index >= 15 is 0 Å². The lowest BCUT2D eigenvalue weighted by molar-refractivity contribution is -0.384. The minimum absolute atomic E-state index is 0.0517. The molecule has 33 heavy (non-hydrogen) atoms. The molecule has 166 valence electrons. The number of nitro benzene ring substituents is 1. The van der Waals surface area contributed by atoms with Gasteiger partial charge in [0.1, 0.15) is 17.3 Å². The molecule has 2 aromatic carbocycles. The van der Waals surface area contributed by atoms with Gasteiger partial charge in [0.05, 0.1) is 10.5 Å². The molecule has 0 bridgehead atoms. The first-order valence-corrected chi connectivity index (χ1v) is 9.55. The second kappa shape index (κ2) is 8.62. The van der Waals surface area contributed by atoms with Crippen LogP contribution in [0.1, 0.15) is 21.9 Å². The van der Waals surface area contributed by atoms with E-state index in [0.29, 0.717) is 17.1 Å². The molecule has 0 radical (unpaired) electrons. The highest BCUT2D eigenvalue weighted by atomic mass is 19.4. The Labute approximate surface area is 184 Å². The van der Waals surface area contributed by atoms with Crippen LogP contribution in [0.4, 0.5) is 18.9 Å². The maximum Gasteiger partial charge on any atom is 0.416 e. The number of hydrogen-bond acceptors (Lipinski definition) is 5. The van der Waals surface area contributed by atoms with E-state index in [4.69, 9.17) is 8.83 Å². The number of carbonyl (C=O) groups is 1. The molecule has 0 aliphatic heterocycles. The Balaban J connectivity index is 1.49. The van der Waals surface area contributed by atoms with E-state index in [-0.39, 0.29) is 22.8 Å². The van der Waals surface area contributed by atoms with Crippen molar-refractivity contribution in [1.29, 1.82) is 0 Å². The van der Waals surface area contributed by atoms with Crippen LogP contribution < -0.4 is 0 Å². The van der Waals surface area contributed by atoms with Gasteiger partial charge in [-0.05, 0) is 48.6 Å². The third-order valence-corrected chi connectivity index (χ3v) is 4.69. The summed E-state index contributed by atoms with van der Waals surface area (Å²) >= 11 is 0. The number of rotatable bonds is 6. The van der Waals surface area contributed by atoms with Crippen LogP contribution in [0.25, 0.3) is 28.7 Å². The zero-order valence-electron chi connectivity index (χ0n) is 16.7. The Bertz CT molecular complexity index is 1360. The van der Waals surface area contributed by atoms with Crippen molar-refractivity contribution in [3.05, 3.63) is 106 Å². The van der Waals surface area contributed by atoms with Crippen LogP contribution in [-0.2, 0) is 6.18 Å². The highest BCUT2D eigenvalue weighted by molar-refractivity contribution is 6.05. The molecule has 4 rings (SSSR count). The Morgan fingerprint density at radius 2 is 1.55 bits per heavy atom. The summed E-state index contributed by atoms with van der Waals surface area (Å²) in [5, 5.41) is 10.9. The Morgan fingerprint density at radius 3 is 2.27 bits per heavy atom. The van der Waals surface area contributed by atoms with Gasteiger partial charge in [0.25, 0.3) is 5.69 Å². The summed E-state index contributed by atoms with van der Waals surface area (Å²) in [5.41, 5.74) is -0.195. The fourth-order valence-corrected chi connectivity index (χ4v) is 3.08. The van der Waals surface area contributed by atoms with Crippen molar-refractivity contribution in [2.24, 2.45) is 0 Å². The van der Waals surface area contributed by atoms with E-state index in [1.807, 2.05) is 0 Å². The molecule has 0 fully saturated rings. The van der Waals surface area contributed by atoms with Gasteiger partial charge in [-0.25, -0.2) is 0 Å². The summed E-state index contributed by atoms with van der Waals surface area (Å²) in [7, 11) is 0.